The van der Waals surface area contributed by atoms with Crippen LogP contribution in [0.4, 0.5) is 0 Å². The molecule has 1 aromatic carbocycles. The van der Waals surface area contributed by atoms with Gasteiger partial charge in [0.05, 0.1) is 0 Å². The average Bonchev–Trinajstić information content (AvgIpc) is 2.95. The Bertz CT molecular complexity index is 481. The fourth-order valence-corrected chi connectivity index (χ4v) is 3.78. The molecule has 21 heavy (non-hydrogen) atoms. The van der Waals surface area contributed by atoms with Gasteiger partial charge in [-0.15, -0.1) is 0 Å². The van der Waals surface area contributed by atoms with E-state index in [1.807, 2.05) is 0 Å². The molecular weight excluding hydrogens is 252 g/mol. The molecule has 2 aliphatic carbocycles. The van der Waals surface area contributed by atoms with Gasteiger partial charge in [0.2, 0.25) is 0 Å². The van der Waals surface area contributed by atoms with Gasteiger partial charge in [0.15, 0.2) is 0 Å². The molecule has 1 aromatic rings. The van der Waals surface area contributed by atoms with Crippen molar-refractivity contribution < 1.29 is 0 Å². The van der Waals surface area contributed by atoms with Gasteiger partial charge in [-0.2, -0.15) is 0 Å². The van der Waals surface area contributed by atoms with Crippen LogP contribution in [0, 0.1) is 6.42 Å². The van der Waals surface area contributed by atoms with Gasteiger partial charge in [0.1, 0.15) is 0 Å². The third-order valence-corrected chi connectivity index (χ3v) is 5.10. The van der Waals surface area contributed by atoms with Gasteiger partial charge < -0.3 is 0 Å². The average molecular weight is 281 g/mol. The molecule has 0 amide bonds. The first-order valence-corrected chi connectivity index (χ1v) is 9.11. The second-order valence-corrected chi connectivity index (χ2v) is 6.81. The third kappa shape index (κ3) is 4.22. The van der Waals surface area contributed by atoms with Crippen molar-refractivity contribution in [3.8, 4) is 0 Å². The summed E-state index contributed by atoms with van der Waals surface area (Å²) in [4.78, 5) is 0. The number of aryl methyl sites for hydroxylation is 2. The highest BCUT2D eigenvalue weighted by Gasteiger charge is 2.11. The van der Waals surface area contributed by atoms with E-state index in [2.05, 4.69) is 30.7 Å². The van der Waals surface area contributed by atoms with Gasteiger partial charge in [-0.25, -0.2) is 0 Å². The molecule has 3 rings (SSSR count). The van der Waals surface area contributed by atoms with Crippen molar-refractivity contribution in [3.05, 3.63) is 46.9 Å². The molecule has 0 heteroatoms. The lowest BCUT2D eigenvalue weighted by Gasteiger charge is -2.14. The molecule has 0 unspecified atom stereocenters. The summed E-state index contributed by atoms with van der Waals surface area (Å²) in [6, 6.07) is 4.94. The van der Waals surface area contributed by atoms with Crippen molar-refractivity contribution in [2.75, 3.05) is 0 Å². The van der Waals surface area contributed by atoms with E-state index in [4.69, 9.17) is 0 Å². The number of allylic oxidation sites excluding steroid dienone is 1. The molecule has 0 bridgehead atoms. The lowest BCUT2D eigenvalue weighted by molar-refractivity contribution is 0.546. The Balaban J connectivity index is 1.70. The van der Waals surface area contributed by atoms with Gasteiger partial charge in [-0.3, -0.25) is 0 Å². The van der Waals surface area contributed by atoms with Crippen LogP contribution in [0.1, 0.15) is 86.5 Å². The predicted octanol–water partition coefficient (Wildman–Crippen LogP) is 6.27. The fourth-order valence-electron chi connectivity index (χ4n) is 3.78. The van der Waals surface area contributed by atoms with Crippen LogP contribution in [0.2, 0.25) is 0 Å². The number of hydrogen-bond acceptors (Lipinski definition) is 0. The highest BCUT2D eigenvalue weighted by Crippen LogP contribution is 2.28. The minimum atomic E-state index is 1.29. The summed E-state index contributed by atoms with van der Waals surface area (Å²) in [6.45, 7) is 0. The van der Waals surface area contributed by atoms with Crippen LogP contribution < -0.4 is 0 Å². The number of rotatable bonds is 0. The van der Waals surface area contributed by atoms with Crippen molar-refractivity contribution in [2.24, 2.45) is 0 Å². The number of fused-ring (bicyclic) bond motifs is 2. The first kappa shape index (κ1) is 14.9. The summed E-state index contributed by atoms with van der Waals surface area (Å²) in [5.74, 6) is 0. The van der Waals surface area contributed by atoms with Crippen molar-refractivity contribution in [1.82, 2.24) is 0 Å². The Hall–Kier alpha value is -1.04. The lowest BCUT2D eigenvalue weighted by atomic mass is 9.92. The Labute approximate surface area is 130 Å². The maximum Gasteiger partial charge on any atom is 0.0131 e. The Morgan fingerprint density at radius 3 is 1.57 bits per heavy atom. The first-order valence-electron chi connectivity index (χ1n) is 9.11. The van der Waals surface area contributed by atoms with Crippen molar-refractivity contribution in [2.45, 2.75) is 77.0 Å². The number of benzene rings is 1. The van der Waals surface area contributed by atoms with Crippen LogP contribution in [0.25, 0.3) is 6.08 Å². The van der Waals surface area contributed by atoms with Crippen LogP contribution in [0.3, 0.4) is 0 Å². The predicted molar refractivity (Wildman–Crippen MR) is 92.5 cm³/mol. The topological polar surface area (TPSA) is 0 Å². The van der Waals surface area contributed by atoms with E-state index in [9.17, 15) is 0 Å². The zero-order chi connectivity index (χ0) is 14.3. The van der Waals surface area contributed by atoms with Gasteiger partial charge in [0, 0.05) is 6.42 Å². The van der Waals surface area contributed by atoms with Crippen molar-refractivity contribution in [1.29, 1.82) is 0 Å². The van der Waals surface area contributed by atoms with Crippen molar-refractivity contribution in [3.63, 3.8) is 0 Å². The summed E-state index contributed by atoms with van der Waals surface area (Å²) in [5.41, 5.74) is 6.14. The highest BCUT2D eigenvalue weighted by molar-refractivity contribution is 5.66. The Kier molecular flexibility index (Phi) is 5.54. The Morgan fingerprint density at radius 1 is 0.524 bits per heavy atom. The molecule has 0 aromatic heterocycles. The summed E-state index contributed by atoms with van der Waals surface area (Å²) in [7, 11) is 0. The van der Waals surface area contributed by atoms with Crippen LogP contribution in [-0.2, 0) is 12.8 Å². The standard InChI is InChI=1S/C21H29/c1-2-4-6-8-10-13-19-17-21-15-11-14-20(21)16-18(19)12-9-7-5-3-1/h11,14-17H,1-10,12-13H2. The van der Waals surface area contributed by atoms with Crippen LogP contribution in [0.15, 0.2) is 18.2 Å². The van der Waals surface area contributed by atoms with E-state index >= 15 is 0 Å². The quantitative estimate of drug-likeness (QED) is 0.526. The van der Waals surface area contributed by atoms with E-state index in [0.29, 0.717) is 0 Å². The van der Waals surface area contributed by atoms with Crippen LogP contribution in [-0.4, -0.2) is 0 Å². The molecule has 0 nitrogen and oxygen atoms in total. The van der Waals surface area contributed by atoms with E-state index in [-0.39, 0.29) is 0 Å². The normalized spacial score (nSPS) is 20.6. The molecule has 0 fully saturated rings. The largest absolute Gasteiger partial charge is 0.0755 e. The second-order valence-electron chi connectivity index (χ2n) is 6.81. The minimum absolute atomic E-state index is 1.29. The molecule has 0 saturated carbocycles. The summed E-state index contributed by atoms with van der Waals surface area (Å²) < 4.78 is 0. The van der Waals surface area contributed by atoms with Crippen molar-refractivity contribution >= 4 is 6.08 Å². The highest BCUT2D eigenvalue weighted by atomic mass is 14.2. The molecular formula is C21H29. The van der Waals surface area contributed by atoms with E-state index in [0.717, 1.165) is 0 Å². The summed E-state index contributed by atoms with van der Waals surface area (Å²) >= 11 is 0. The third-order valence-electron chi connectivity index (χ3n) is 5.10. The molecule has 2 aliphatic rings. The zero-order valence-electron chi connectivity index (χ0n) is 13.4. The molecule has 0 N–H and O–H groups in total. The van der Waals surface area contributed by atoms with Crippen LogP contribution in [0.5, 0.6) is 0 Å². The molecule has 0 heterocycles. The monoisotopic (exact) mass is 281 g/mol. The molecule has 113 valence electrons. The number of hydrogen-bond donors (Lipinski definition) is 0. The van der Waals surface area contributed by atoms with Gasteiger partial charge in [-0.1, -0.05) is 75.7 Å². The molecule has 1 radical (unpaired) electrons. The lowest BCUT2D eigenvalue weighted by Crippen LogP contribution is -1.99. The molecule has 0 atom stereocenters. The fraction of sp³-hybridized carbons (Fsp3) is 0.571. The maximum atomic E-state index is 2.47. The first-order chi connectivity index (χ1) is 10.4. The minimum Gasteiger partial charge on any atom is -0.0755 e. The van der Waals surface area contributed by atoms with Gasteiger partial charge in [-0.05, 0) is 47.9 Å². The molecule has 0 spiro atoms. The molecule has 0 saturated heterocycles. The molecule has 0 aliphatic heterocycles. The zero-order valence-corrected chi connectivity index (χ0v) is 13.4. The van der Waals surface area contributed by atoms with Gasteiger partial charge >= 0.3 is 0 Å². The SMILES string of the molecule is [CH]1C=Cc2cc3c(cc21)CCCCCCCCCCCC3. The Morgan fingerprint density at radius 2 is 1.00 bits per heavy atom. The maximum absolute atomic E-state index is 2.47. The summed E-state index contributed by atoms with van der Waals surface area (Å²) in [6.07, 6.45) is 23.6. The van der Waals surface area contributed by atoms with Gasteiger partial charge in [0.25, 0.3) is 0 Å². The van der Waals surface area contributed by atoms with E-state index in [1.165, 1.54) is 88.2 Å². The second kappa shape index (κ2) is 7.82. The van der Waals surface area contributed by atoms with E-state index < -0.39 is 0 Å². The van der Waals surface area contributed by atoms with E-state index in [1.54, 1.807) is 11.1 Å². The summed E-state index contributed by atoms with van der Waals surface area (Å²) in [5, 5.41) is 0. The van der Waals surface area contributed by atoms with Crippen LogP contribution >= 0.6 is 0 Å². The smallest absolute Gasteiger partial charge is 0.0131 e.